The molecule has 0 saturated heterocycles. The first-order valence-electron chi connectivity index (χ1n) is 7.78. The van der Waals surface area contributed by atoms with Gasteiger partial charge in [-0.2, -0.15) is 0 Å². The molecule has 3 rings (SSSR count). The van der Waals surface area contributed by atoms with Crippen molar-refractivity contribution in [3.8, 4) is 11.3 Å². The van der Waals surface area contributed by atoms with Gasteiger partial charge in [-0.25, -0.2) is 9.37 Å². The maximum Gasteiger partial charge on any atom is 0.240 e. The van der Waals surface area contributed by atoms with Crippen molar-refractivity contribution in [2.24, 2.45) is 0 Å². The standard InChI is InChI=1S/C19H18FN3OS/c1-23(2)18(24)17(14-6-4-3-5-7-14)25-19-21-12-16(22-19)13-8-10-15(20)11-9-13/h3-12,17H,1-2H3,(H,21,22)/t17-/m1/s1. The van der Waals surface area contributed by atoms with Gasteiger partial charge >= 0.3 is 0 Å². The van der Waals surface area contributed by atoms with E-state index in [-0.39, 0.29) is 17.0 Å². The summed E-state index contributed by atoms with van der Waals surface area (Å²) >= 11 is 1.36. The number of rotatable bonds is 5. The number of carbonyl (C=O) groups excluding carboxylic acids is 1. The summed E-state index contributed by atoms with van der Waals surface area (Å²) < 4.78 is 13.1. The summed E-state index contributed by atoms with van der Waals surface area (Å²) in [5, 5.41) is 0.256. The predicted octanol–water partition coefficient (Wildman–Crippen LogP) is 4.14. The second kappa shape index (κ2) is 7.53. The van der Waals surface area contributed by atoms with Crippen LogP contribution in [0.4, 0.5) is 4.39 Å². The van der Waals surface area contributed by atoms with Crippen molar-refractivity contribution in [1.29, 1.82) is 0 Å². The molecule has 128 valence electrons. The number of amides is 1. The van der Waals surface area contributed by atoms with Gasteiger partial charge in [0.1, 0.15) is 11.1 Å². The van der Waals surface area contributed by atoms with Crippen LogP contribution < -0.4 is 0 Å². The molecule has 2 aromatic carbocycles. The molecule has 4 nitrogen and oxygen atoms in total. The molecule has 1 N–H and O–H groups in total. The number of aromatic nitrogens is 2. The first-order chi connectivity index (χ1) is 12.0. The van der Waals surface area contributed by atoms with Gasteiger partial charge < -0.3 is 9.88 Å². The van der Waals surface area contributed by atoms with Gasteiger partial charge in [0.05, 0.1) is 11.9 Å². The molecule has 0 saturated carbocycles. The molecule has 1 amide bonds. The molecule has 1 aromatic heterocycles. The molecule has 6 heteroatoms. The summed E-state index contributed by atoms with van der Waals surface area (Å²) in [7, 11) is 3.48. The molecule has 0 aliphatic carbocycles. The number of H-pyrrole nitrogens is 1. The number of benzene rings is 2. The Morgan fingerprint density at radius 3 is 2.44 bits per heavy atom. The van der Waals surface area contributed by atoms with Crippen molar-refractivity contribution in [3.63, 3.8) is 0 Å². The minimum absolute atomic E-state index is 0.00377. The second-order valence-corrected chi connectivity index (χ2v) is 6.84. The fraction of sp³-hybridized carbons (Fsp3) is 0.158. The zero-order valence-corrected chi connectivity index (χ0v) is 14.8. The van der Waals surface area contributed by atoms with Crippen LogP contribution in [0.2, 0.25) is 0 Å². The summed E-state index contributed by atoms with van der Waals surface area (Å²) in [6.07, 6.45) is 1.69. The van der Waals surface area contributed by atoms with Gasteiger partial charge in [0.15, 0.2) is 5.16 Å². The van der Waals surface area contributed by atoms with Gasteiger partial charge in [-0.15, -0.1) is 0 Å². The first-order valence-corrected chi connectivity index (χ1v) is 8.66. The molecule has 0 unspecified atom stereocenters. The SMILES string of the molecule is CN(C)C(=O)[C@H](Sc1ncc(-c2ccc(F)cc2)[nH]1)c1ccccc1. The highest BCUT2D eigenvalue weighted by Crippen LogP contribution is 2.35. The number of hydrogen-bond donors (Lipinski definition) is 1. The van der Waals surface area contributed by atoms with Crippen molar-refractivity contribution in [2.75, 3.05) is 14.1 Å². The van der Waals surface area contributed by atoms with Crippen molar-refractivity contribution >= 4 is 17.7 Å². The molecule has 3 aromatic rings. The Morgan fingerprint density at radius 2 is 1.80 bits per heavy atom. The number of likely N-dealkylation sites (N-methyl/N-ethyl adjacent to an activating group) is 1. The van der Waals surface area contributed by atoms with E-state index < -0.39 is 0 Å². The molecule has 0 aliphatic rings. The van der Waals surface area contributed by atoms with Crippen LogP contribution in [0.25, 0.3) is 11.3 Å². The Labute approximate surface area is 150 Å². The number of hydrogen-bond acceptors (Lipinski definition) is 3. The average molecular weight is 355 g/mol. The Kier molecular flexibility index (Phi) is 5.19. The van der Waals surface area contributed by atoms with E-state index in [1.54, 1.807) is 37.3 Å². The molecule has 25 heavy (non-hydrogen) atoms. The highest BCUT2D eigenvalue weighted by atomic mass is 32.2. The second-order valence-electron chi connectivity index (χ2n) is 5.75. The molecular formula is C19H18FN3OS. The van der Waals surface area contributed by atoms with E-state index in [9.17, 15) is 9.18 Å². The highest BCUT2D eigenvalue weighted by Gasteiger charge is 2.24. The number of imidazole rings is 1. The van der Waals surface area contributed by atoms with Gasteiger partial charge in [0, 0.05) is 14.1 Å². The third-order valence-electron chi connectivity index (χ3n) is 3.70. The van der Waals surface area contributed by atoms with Crippen molar-refractivity contribution in [1.82, 2.24) is 14.9 Å². The Balaban J connectivity index is 1.85. The third kappa shape index (κ3) is 4.09. The van der Waals surface area contributed by atoms with Gasteiger partial charge in [0.25, 0.3) is 0 Å². The van der Waals surface area contributed by atoms with Gasteiger partial charge in [-0.3, -0.25) is 4.79 Å². The summed E-state index contributed by atoms with van der Waals surface area (Å²) in [5.74, 6) is -0.283. The largest absolute Gasteiger partial charge is 0.348 e. The molecule has 0 spiro atoms. The molecule has 1 atom stereocenters. The van der Waals surface area contributed by atoms with E-state index in [0.29, 0.717) is 5.16 Å². The van der Waals surface area contributed by atoms with Crippen molar-refractivity contribution in [2.45, 2.75) is 10.4 Å². The van der Waals surface area contributed by atoms with E-state index in [4.69, 9.17) is 0 Å². The Bertz CT molecular complexity index is 847. The average Bonchev–Trinajstić information content (AvgIpc) is 3.09. The number of nitrogens with one attached hydrogen (secondary N) is 1. The maximum absolute atomic E-state index is 13.1. The molecule has 0 bridgehead atoms. The lowest BCUT2D eigenvalue weighted by atomic mass is 10.1. The smallest absolute Gasteiger partial charge is 0.240 e. The van der Waals surface area contributed by atoms with Crippen LogP contribution in [0.5, 0.6) is 0 Å². The molecule has 0 aliphatic heterocycles. The normalized spacial score (nSPS) is 12.0. The van der Waals surface area contributed by atoms with Gasteiger partial charge in [-0.1, -0.05) is 42.1 Å². The molecule has 0 fully saturated rings. The number of nitrogens with zero attached hydrogens (tertiary/aromatic N) is 2. The fourth-order valence-electron chi connectivity index (χ4n) is 2.37. The number of halogens is 1. The Morgan fingerprint density at radius 1 is 1.12 bits per heavy atom. The summed E-state index contributed by atoms with van der Waals surface area (Å²) in [5.41, 5.74) is 2.55. The zero-order valence-electron chi connectivity index (χ0n) is 13.9. The van der Waals surface area contributed by atoms with Crippen LogP contribution in [0.3, 0.4) is 0 Å². The van der Waals surface area contributed by atoms with Crippen LogP contribution in [0.1, 0.15) is 10.8 Å². The predicted molar refractivity (Wildman–Crippen MR) is 97.7 cm³/mol. The quantitative estimate of drug-likeness (QED) is 0.700. The minimum atomic E-state index is -0.386. The number of thioether (sulfide) groups is 1. The van der Waals surface area contributed by atoms with E-state index in [0.717, 1.165) is 16.8 Å². The van der Waals surface area contributed by atoms with Crippen LogP contribution in [0.15, 0.2) is 66.0 Å². The number of aromatic amines is 1. The summed E-state index contributed by atoms with van der Waals surface area (Å²) in [6, 6.07) is 15.8. The lowest BCUT2D eigenvalue weighted by Crippen LogP contribution is -2.26. The zero-order chi connectivity index (χ0) is 17.8. The Hall–Kier alpha value is -2.60. The highest BCUT2D eigenvalue weighted by molar-refractivity contribution is 8.00. The molecule has 1 heterocycles. The first kappa shape index (κ1) is 17.2. The summed E-state index contributed by atoms with van der Waals surface area (Å²) in [4.78, 5) is 21.7. The lowest BCUT2D eigenvalue weighted by molar-refractivity contribution is -0.128. The maximum atomic E-state index is 13.1. The molecule has 0 radical (unpaired) electrons. The monoisotopic (exact) mass is 355 g/mol. The van der Waals surface area contributed by atoms with Crippen molar-refractivity contribution in [3.05, 3.63) is 72.2 Å². The van der Waals surface area contributed by atoms with E-state index in [1.165, 1.54) is 23.9 Å². The van der Waals surface area contributed by atoms with E-state index in [1.807, 2.05) is 30.3 Å². The van der Waals surface area contributed by atoms with Crippen LogP contribution in [0, 0.1) is 5.82 Å². The van der Waals surface area contributed by atoms with E-state index >= 15 is 0 Å². The van der Waals surface area contributed by atoms with Crippen molar-refractivity contribution < 1.29 is 9.18 Å². The van der Waals surface area contributed by atoms with Gasteiger partial charge in [-0.05, 0) is 35.4 Å². The van der Waals surface area contributed by atoms with E-state index in [2.05, 4.69) is 9.97 Å². The van der Waals surface area contributed by atoms with Crippen LogP contribution >= 0.6 is 11.8 Å². The number of carbonyl (C=O) groups is 1. The lowest BCUT2D eigenvalue weighted by Gasteiger charge is -2.19. The van der Waals surface area contributed by atoms with Crippen LogP contribution in [-0.2, 0) is 4.79 Å². The fourth-order valence-corrected chi connectivity index (χ4v) is 3.48. The topological polar surface area (TPSA) is 49.0 Å². The van der Waals surface area contributed by atoms with Gasteiger partial charge in [0.2, 0.25) is 5.91 Å². The third-order valence-corrected chi connectivity index (χ3v) is 4.84. The van der Waals surface area contributed by atoms with Crippen LogP contribution in [-0.4, -0.2) is 34.9 Å². The molecular weight excluding hydrogens is 337 g/mol. The minimum Gasteiger partial charge on any atom is -0.348 e. The summed E-state index contributed by atoms with van der Waals surface area (Å²) in [6.45, 7) is 0.